The predicted molar refractivity (Wildman–Crippen MR) is 100 cm³/mol. The first-order chi connectivity index (χ1) is 11.5. The van der Waals surface area contributed by atoms with Crippen LogP contribution in [0.5, 0.6) is 0 Å². The topological polar surface area (TPSA) is 97.5 Å². The Morgan fingerprint density at radius 2 is 2.08 bits per heavy atom. The van der Waals surface area contributed by atoms with E-state index in [4.69, 9.17) is 20.8 Å². The first kappa shape index (κ1) is 20.3. The van der Waals surface area contributed by atoms with Gasteiger partial charge in [0.1, 0.15) is 22.2 Å². The Kier molecular flexibility index (Phi) is 6.24. The molecular weight excluding hydrogens is 434 g/mol. The second-order valence-corrected chi connectivity index (χ2v) is 8.27. The number of carbonyl (C=O) groups is 1. The number of carbonyl (C=O) groups excluding carboxylic acids is 1. The second-order valence-electron chi connectivity index (χ2n) is 6.34. The van der Waals surface area contributed by atoms with E-state index in [9.17, 15) is 9.90 Å². The summed E-state index contributed by atoms with van der Waals surface area (Å²) in [5, 5.41) is 13.8. The number of alkyl carbamates (subject to hydrolysis) is 1. The molecular formula is C15H19BrClN3O4S. The molecule has 2 atom stereocenters. The molecule has 0 aliphatic rings. The molecule has 2 heterocycles. The summed E-state index contributed by atoms with van der Waals surface area (Å²) in [6, 6.07) is -0.659. The van der Waals surface area contributed by atoms with E-state index in [2.05, 4.69) is 31.2 Å². The monoisotopic (exact) mass is 451 g/mol. The highest BCUT2D eigenvalue weighted by Gasteiger charge is 2.29. The maximum Gasteiger partial charge on any atom is 0.407 e. The Hall–Kier alpha value is -1.03. The van der Waals surface area contributed by atoms with Gasteiger partial charge in [-0.2, -0.15) is 0 Å². The van der Waals surface area contributed by atoms with Crippen LogP contribution in [0, 0.1) is 0 Å². The number of furan rings is 1. The van der Waals surface area contributed by atoms with Gasteiger partial charge in [0.05, 0.1) is 10.5 Å². The van der Waals surface area contributed by atoms with Gasteiger partial charge in [0.25, 0.3) is 0 Å². The second kappa shape index (κ2) is 7.69. The van der Waals surface area contributed by atoms with E-state index in [0.717, 1.165) is 0 Å². The number of aliphatic hydroxyl groups excluding tert-OH is 1. The van der Waals surface area contributed by atoms with Crippen molar-refractivity contribution in [2.24, 2.45) is 0 Å². The normalized spacial score (nSPS) is 14.4. The number of aromatic nitrogens is 2. The first-order valence-corrected chi connectivity index (χ1v) is 9.80. The Bertz CT molecular complexity index is 793. The Morgan fingerprint density at radius 1 is 1.44 bits per heavy atom. The Labute approximate surface area is 163 Å². The van der Waals surface area contributed by atoms with Crippen molar-refractivity contribution in [3.63, 3.8) is 0 Å². The quantitative estimate of drug-likeness (QED) is 0.405. The molecule has 0 aliphatic heterocycles. The van der Waals surface area contributed by atoms with Gasteiger partial charge in [0, 0.05) is 0 Å². The maximum atomic E-state index is 11.9. The average Bonchev–Trinajstić information content (AvgIpc) is 2.81. The van der Waals surface area contributed by atoms with Crippen molar-refractivity contribution >= 4 is 56.5 Å². The van der Waals surface area contributed by atoms with Crippen molar-refractivity contribution in [2.45, 2.75) is 50.5 Å². The summed E-state index contributed by atoms with van der Waals surface area (Å²) >= 11 is 10.6. The zero-order valence-corrected chi connectivity index (χ0v) is 17.5. The molecule has 0 bridgehead atoms. The van der Waals surface area contributed by atoms with E-state index in [0.29, 0.717) is 20.6 Å². The van der Waals surface area contributed by atoms with Crippen LogP contribution in [0.25, 0.3) is 11.1 Å². The summed E-state index contributed by atoms with van der Waals surface area (Å²) in [5.41, 5.74) is 0.249. The van der Waals surface area contributed by atoms with Gasteiger partial charge in [-0.25, -0.2) is 14.8 Å². The summed E-state index contributed by atoms with van der Waals surface area (Å²) in [6.07, 6.45) is 0.0839. The van der Waals surface area contributed by atoms with Crippen LogP contribution in [0.1, 0.15) is 39.6 Å². The number of thioether (sulfide) groups is 1. The van der Waals surface area contributed by atoms with Crippen LogP contribution in [0.15, 0.2) is 13.9 Å². The molecule has 2 rings (SSSR count). The van der Waals surface area contributed by atoms with E-state index in [-0.39, 0.29) is 11.0 Å². The van der Waals surface area contributed by atoms with E-state index >= 15 is 0 Å². The number of hydrogen-bond donors (Lipinski definition) is 2. The van der Waals surface area contributed by atoms with Gasteiger partial charge in [-0.05, 0) is 61.5 Å². The molecule has 1 amide bonds. The molecule has 0 radical (unpaired) electrons. The third-order valence-corrected chi connectivity index (χ3v) is 4.72. The fraction of sp³-hybridized carbons (Fsp3) is 0.533. The van der Waals surface area contributed by atoms with Crippen molar-refractivity contribution in [1.29, 1.82) is 0 Å². The van der Waals surface area contributed by atoms with Crippen molar-refractivity contribution in [2.75, 3.05) is 6.26 Å². The molecule has 1 unspecified atom stereocenters. The van der Waals surface area contributed by atoms with Gasteiger partial charge < -0.3 is 19.6 Å². The van der Waals surface area contributed by atoms with Crippen LogP contribution < -0.4 is 5.32 Å². The highest BCUT2D eigenvalue weighted by molar-refractivity contribution is 9.10. The summed E-state index contributed by atoms with van der Waals surface area (Å²) in [5.74, 6) is 0.227. The predicted octanol–water partition coefficient (Wildman–Crippen LogP) is 4.31. The van der Waals surface area contributed by atoms with Crippen molar-refractivity contribution in [3.8, 4) is 0 Å². The number of aliphatic hydroxyl groups is 1. The highest BCUT2D eigenvalue weighted by Crippen LogP contribution is 2.38. The molecule has 10 heteroatoms. The van der Waals surface area contributed by atoms with Crippen LogP contribution in [0.3, 0.4) is 0 Å². The average molecular weight is 453 g/mol. The molecule has 2 N–H and O–H groups in total. The molecule has 0 spiro atoms. The fourth-order valence-electron chi connectivity index (χ4n) is 2.04. The number of halogens is 2. The van der Waals surface area contributed by atoms with Crippen LogP contribution in [0.2, 0.25) is 5.28 Å². The number of hydrogen-bond acceptors (Lipinski definition) is 7. The van der Waals surface area contributed by atoms with E-state index in [1.165, 1.54) is 11.8 Å². The zero-order chi connectivity index (χ0) is 18.9. The minimum atomic E-state index is -1.12. The molecule has 138 valence electrons. The van der Waals surface area contributed by atoms with Crippen LogP contribution >= 0.6 is 39.3 Å². The minimum Gasteiger partial charge on any atom is -0.452 e. The lowest BCUT2D eigenvalue weighted by Gasteiger charge is -2.23. The van der Waals surface area contributed by atoms with Gasteiger partial charge in [-0.3, -0.25) is 0 Å². The first-order valence-electron chi connectivity index (χ1n) is 7.40. The standard InChI is InChI=1S/C15H19BrClN3O4S/c1-6(18-14(22)24-15(2,3)4)9(21)10-7(16)8-11(23-10)12(25-5)20-13(17)19-8/h6,9,21H,1-5H3,(H,18,22)/t6-,9?/m0/s1. The van der Waals surface area contributed by atoms with E-state index < -0.39 is 23.8 Å². The van der Waals surface area contributed by atoms with Gasteiger partial charge in [-0.1, -0.05) is 0 Å². The fourth-order valence-corrected chi connectivity index (χ4v) is 3.35. The summed E-state index contributed by atoms with van der Waals surface area (Å²) < 4.78 is 11.4. The molecule has 2 aromatic rings. The smallest absolute Gasteiger partial charge is 0.407 e. The molecule has 0 saturated heterocycles. The lowest BCUT2D eigenvalue weighted by Crippen LogP contribution is -2.40. The number of amides is 1. The van der Waals surface area contributed by atoms with Gasteiger partial charge in [0.15, 0.2) is 11.3 Å². The number of rotatable bonds is 4. The van der Waals surface area contributed by atoms with E-state index in [1.807, 2.05) is 6.26 Å². The third-order valence-electron chi connectivity index (χ3n) is 3.12. The molecule has 0 aromatic carbocycles. The highest BCUT2D eigenvalue weighted by atomic mass is 79.9. The molecule has 0 saturated carbocycles. The lowest BCUT2D eigenvalue weighted by molar-refractivity contribution is 0.0416. The van der Waals surface area contributed by atoms with E-state index in [1.54, 1.807) is 27.7 Å². The molecule has 2 aromatic heterocycles. The number of fused-ring (bicyclic) bond motifs is 1. The van der Waals surface area contributed by atoms with Crippen molar-refractivity contribution in [3.05, 3.63) is 15.5 Å². The summed E-state index contributed by atoms with van der Waals surface area (Å²) in [4.78, 5) is 20.1. The molecule has 0 aliphatic carbocycles. The third kappa shape index (κ3) is 4.78. The number of nitrogens with one attached hydrogen (secondary N) is 1. The van der Waals surface area contributed by atoms with Crippen LogP contribution in [-0.2, 0) is 4.74 Å². The summed E-state index contributed by atoms with van der Waals surface area (Å²) in [7, 11) is 0. The van der Waals surface area contributed by atoms with Crippen molar-refractivity contribution < 1.29 is 19.1 Å². The largest absolute Gasteiger partial charge is 0.452 e. The zero-order valence-electron chi connectivity index (χ0n) is 14.4. The molecule has 0 fully saturated rings. The van der Waals surface area contributed by atoms with Crippen LogP contribution in [0.4, 0.5) is 4.79 Å². The Balaban J connectivity index is 2.28. The number of nitrogens with zero attached hydrogens (tertiary/aromatic N) is 2. The van der Waals surface area contributed by atoms with Crippen LogP contribution in [-0.4, -0.2) is 39.1 Å². The molecule has 7 nitrogen and oxygen atoms in total. The minimum absolute atomic E-state index is 0.0827. The number of ether oxygens (including phenoxy) is 1. The van der Waals surface area contributed by atoms with Crippen molar-refractivity contribution in [1.82, 2.24) is 15.3 Å². The SMILES string of the molecule is CSc1nc(Cl)nc2c(Br)c(C(O)[C@H](C)NC(=O)OC(C)(C)C)oc12. The van der Waals surface area contributed by atoms with Gasteiger partial charge in [-0.15, -0.1) is 11.8 Å². The Morgan fingerprint density at radius 3 is 2.64 bits per heavy atom. The summed E-state index contributed by atoms with van der Waals surface area (Å²) in [6.45, 7) is 6.92. The lowest BCUT2D eigenvalue weighted by atomic mass is 10.1. The molecule has 25 heavy (non-hydrogen) atoms. The van der Waals surface area contributed by atoms with Gasteiger partial charge >= 0.3 is 6.09 Å². The maximum absolute atomic E-state index is 11.9. The van der Waals surface area contributed by atoms with Gasteiger partial charge in [0.2, 0.25) is 5.28 Å².